The number of likely N-dealkylation sites (tertiary alicyclic amines) is 1. The van der Waals surface area contributed by atoms with Crippen molar-refractivity contribution in [2.24, 2.45) is 0 Å². The first-order valence-electron chi connectivity index (χ1n) is 5.10. The molecule has 0 radical (unpaired) electrons. The SMILES string of the molecule is CCCN1CCC(OC(C)C)C1. The Hall–Kier alpha value is -0.0800. The lowest BCUT2D eigenvalue weighted by atomic mass is 10.3. The minimum Gasteiger partial charge on any atom is -0.374 e. The Labute approximate surface area is 75.9 Å². The lowest BCUT2D eigenvalue weighted by Crippen LogP contribution is -2.25. The van der Waals surface area contributed by atoms with Gasteiger partial charge in [-0.1, -0.05) is 6.92 Å². The van der Waals surface area contributed by atoms with Gasteiger partial charge in [0.05, 0.1) is 12.2 Å². The third-order valence-corrected chi connectivity index (χ3v) is 2.23. The number of nitrogens with zero attached hydrogens (tertiary/aromatic N) is 1. The van der Waals surface area contributed by atoms with Gasteiger partial charge < -0.3 is 9.64 Å². The molecule has 1 rings (SSSR count). The topological polar surface area (TPSA) is 12.5 Å². The van der Waals surface area contributed by atoms with E-state index in [1.165, 1.54) is 25.9 Å². The van der Waals surface area contributed by atoms with E-state index in [1.54, 1.807) is 0 Å². The summed E-state index contributed by atoms with van der Waals surface area (Å²) in [4.78, 5) is 2.49. The normalized spacial score (nSPS) is 25.5. The van der Waals surface area contributed by atoms with Gasteiger partial charge in [0.25, 0.3) is 0 Å². The van der Waals surface area contributed by atoms with Gasteiger partial charge in [-0.05, 0) is 33.2 Å². The lowest BCUT2D eigenvalue weighted by Gasteiger charge is -2.16. The molecule has 0 amide bonds. The molecule has 0 spiro atoms. The van der Waals surface area contributed by atoms with Crippen molar-refractivity contribution in [2.45, 2.75) is 45.8 Å². The molecule has 0 aromatic heterocycles. The highest BCUT2D eigenvalue weighted by atomic mass is 16.5. The van der Waals surface area contributed by atoms with E-state index in [-0.39, 0.29) is 0 Å². The first kappa shape index (κ1) is 10.0. The molecule has 0 N–H and O–H groups in total. The fourth-order valence-corrected chi connectivity index (χ4v) is 1.81. The standard InChI is InChI=1S/C10H21NO/c1-4-6-11-7-5-10(8-11)12-9(2)3/h9-10H,4-8H2,1-3H3. The summed E-state index contributed by atoms with van der Waals surface area (Å²) in [5, 5.41) is 0. The molecule has 1 heterocycles. The Morgan fingerprint density at radius 3 is 2.83 bits per heavy atom. The van der Waals surface area contributed by atoms with Gasteiger partial charge in [0.1, 0.15) is 0 Å². The van der Waals surface area contributed by atoms with Crippen LogP contribution in [0.2, 0.25) is 0 Å². The zero-order chi connectivity index (χ0) is 8.97. The molecule has 1 aliphatic heterocycles. The predicted octanol–water partition coefficient (Wildman–Crippen LogP) is 1.90. The van der Waals surface area contributed by atoms with E-state index in [0.29, 0.717) is 12.2 Å². The van der Waals surface area contributed by atoms with E-state index < -0.39 is 0 Å². The Balaban J connectivity index is 2.16. The molecule has 2 nitrogen and oxygen atoms in total. The Morgan fingerprint density at radius 1 is 1.50 bits per heavy atom. The van der Waals surface area contributed by atoms with Crippen LogP contribution in [0.1, 0.15) is 33.6 Å². The average Bonchev–Trinajstić information content (AvgIpc) is 2.36. The Morgan fingerprint density at radius 2 is 2.25 bits per heavy atom. The van der Waals surface area contributed by atoms with Gasteiger partial charge in [0.2, 0.25) is 0 Å². The molecule has 0 aromatic carbocycles. The van der Waals surface area contributed by atoms with Gasteiger partial charge in [-0.3, -0.25) is 0 Å². The second-order valence-electron chi connectivity index (χ2n) is 3.90. The van der Waals surface area contributed by atoms with Crippen LogP contribution in [-0.2, 0) is 4.74 Å². The molecule has 1 atom stereocenters. The molecule has 1 fully saturated rings. The smallest absolute Gasteiger partial charge is 0.0717 e. The molecule has 12 heavy (non-hydrogen) atoms. The van der Waals surface area contributed by atoms with E-state index in [9.17, 15) is 0 Å². The second-order valence-corrected chi connectivity index (χ2v) is 3.90. The molecular weight excluding hydrogens is 150 g/mol. The van der Waals surface area contributed by atoms with Crippen LogP contribution in [0.15, 0.2) is 0 Å². The summed E-state index contributed by atoms with van der Waals surface area (Å²) in [6.45, 7) is 10.1. The van der Waals surface area contributed by atoms with Crippen molar-refractivity contribution >= 4 is 0 Å². The maximum Gasteiger partial charge on any atom is 0.0717 e. The van der Waals surface area contributed by atoms with Gasteiger partial charge in [0, 0.05) is 13.1 Å². The first-order valence-corrected chi connectivity index (χ1v) is 5.10. The van der Waals surface area contributed by atoms with Gasteiger partial charge in [-0.15, -0.1) is 0 Å². The number of hydrogen-bond donors (Lipinski definition) is 0. The lowest BCUT2D eigenvalue weighted by molar-refractivity contribution is 0.0141. The Bertz CT molecular complexity index is 125. The largest absolute Gasteiger partial charge is 0.374 e. The highest BCUT2D eigenvalue weighted by Gasteiger charge is 2.22. The minimum absolute atomic E-state index is 0.386. The summed E-state index contributed by atoms with van der Waals surface area (Å²) >= 11 is 0. The highest BCUT2D eigenvalue weighted by molar-refractivity contribution is 4.75. The van der Waals surface area contributed by atoms with Crippen molar-refractivity contribution in [3.05, 3.63) is 0 Å². The van der Waals surface area contributed by atoms with E-state index in [1.807, 2.05) is 0 Å². The van der Waals surface area contributed by atoms with Crippen LogP contribution in [-0.4, -0.2) is 36.7 Å². The van der Waals surface area contributed by atoms with Gasteiger partial charge in [-0.25, -0.2) is 0 Å². The summed E-state index contributed by atoms with van der Waals surface area (Å²) in [6.07, 6.45) is 3.36. The van der Waals surface area contributed by atoms with E-state index >= 15 is 0 Å². The fourth-order valence-electron chi connectivity index (χ4n) is 1.81. The van der Waals surface area contributed by atoms with Crippen molar-refractivity contribution in [2.75, 3.05) is 19.6 Å². The molecule has 2 heteroatoms. The molecule has 1 unspecified atom stereocenters. The molecule has 0 aliphatic carbocycles. The van der Waals surface area contributed by atoms with Gasteiger partial charge >= 0.3 is 0 Å². The summed E-state index contributed by atoms with van der Waals surface area (Å²) in [7, 11) is 0. The summed E-state index contributed by atoms with van der Waals surface area (Å²) in [5.41, 5.74) is 0. The van der Waals surface area contributed by atoms with Gasteiger partial charge in [0.15, 0.2) is 0 Å². The summed E-state index contributed by atoms with van der Waals surface area (Å²) in [6, 6.07) is 0. The number of ether oxygens (including phenoxy) is 1. The molecule has 72 valence electrons. The zero-order valence-electron chi connectivity index (χ0n) is 8.55. The van der Waals surface area contributed by atoms with Crippen LogP contribution >= 0.6 is 0 Å². The molecule has 0 bridgehead atoms. The van der Waals surface area contributed by atoms with Crippen LogP contribution < -0.4 is 0 Å². The van der Waals surface area contributed by atoms with E-state index in [0.717, 1.165) is 6.54 Å². The molecule has 0 saturated carbocycles. The minimum atomic E-state index is 0.386. The van der Waals surface area contributed by atoms with Crippen molar-refractivity contribution in [3.8, 4) is 0 Å². The van der Waals surface area contributed by atoms with Crippen LogP contribution in [0.3, 0.4) is 0 Å². The van der Waals surface area contributed by atoms with Gasteiger partial charge in [-0.2, -0.15) is 0 Å². The maximum absolute atomic E-state index is 5.75. The quantitative estimate of drug-likeness (QED) is 0.640. The monoisotopic (exact) mass is 171 g/mol. The first-order chi connectivity index (χ1) is 5.72. The number of hydrogen-bond acceptors (Lipinski definition) is 2. The zero-order valence-corrected chi connectivity index (χ0v) is 8.55. The van der Waals surface area contributed by atoms with Crippen LogP contribution in [0.4, 0.5) is 0 Å². The molecule has 0 aromatic rings. The molecule has 1 saturated heterocycles. The van der Waals surface area contributed by atoms with E-state index in [4.69, 9.17) is 4.74 Å². The van der Waals surface area contributed by atoms with Crippen molar-refractivity contribution in [1.82, 2.24) is 4.90 Å². The average molecular weight is 171 g/mol. The highest BCUT2D eigenvalue weighted by Crippen LogP contribution is 2.14. The number of rotatable bonds is 4. The van der Waals surface area contributed by atoms with E-state index in [2.05, 4.69) is 25.7 Å². The van der Waals surface area contributed by atoms with Crippen molar-refractivity contribution in [1.29, 1.82) is 0 Å². The second kappa shape index (κ2) is 4.83. The third-order valence-electron chi connectivity index (χ3n) is 2.23. The van der Waals surface area contributed by atoms with Crippen molar-refractivity contribution in [3.63, 3.8) is 0 Å². The molecular formula is C10H21NO. The van der Waals surface area contributed by atoms with Crippen LogP contribution in [0.5, 0.6) is 0 Å². The van der Waals surface area contributed by atoms with Crippen molar-refractivity contribution < 1.29 is 4.74 Å². The van der Waals surface area contributed by atoms with Crippen LogP contribution in [0, 0.1) is 0 Å². The fraction of sp³-hybridized carbons (Fsp3) is 1.00. The third kappa shape index (κ3) is 3.11. The maximum atomic E-state index is 5.75. The molecule has 1 aliphatic rings. The summed E-state index contributed by atoms with van der Waals surface area (Å²) in [5.74, 6) is 0. The summed E-state index contributed by atoms with van der Waals surface area (Å²) < 4.78 is 5.75. The predicted molar refractivity (Wildman–Crippen MR) is 51.4 cm³/mol. The Kier molecular flexibility index (Phi) is 4.02. The van der Waals surface area contributed by atoms with Crippen LogP contribution in [0.25, 0.3) is 0 Å².